The molecule has 9 heteroatoms. The van der Waals surface area contributed by atoms with Crippen LogP contribution in [0.25, 0.3) is 21.1 Å². The summed E-state index contributed by atoms with van der Waals surface area (Å²) in [6.45, 7) is 6.97. The Morgan fingerprint density at radius 2 is 1.55 bits per heavy atom. The number of rotatable bonds is 8. The summed E-state index contributed by atoms with van der Waals surface area (Å²) in [7, 11) is -2.64. The van der Waals surface area contributed by atoms with Crippen LogP contribution < -0.4 is 20.4 Å². The lowest BCUT2D eigenvalue weighted by Crippen LogP contribution is -2.67. The number of aromatic nitrogens is 3. The van der Waals surface area contributed by atoms with E-state index in [1.807, 2.05) is 29.6 Å². The van der Waals surface area contributed by atoms with Crippen molar-refractivity contribution in [1.29, 1.82) is 0 Å². The van der Waals surface area contributed by atoms with Gasteiger partial charge in [0, 0.05) is 35.3 Å². The molecule has 0 saturated heterocycles. The lowest BCUT2D eigenvalue weighted by atomic mass is 9.95. The molecule has 7 rings (SSSR count). The van der Waals surface area contributed by atoms with Gasteiger partial charge in [0.15, 0.2) is 0 Å². The molecule has 0 radical (unpaired) electrons. The minimum absolute atomic E-state index is 0.0134. The second-order valence-electron chi connectivity index (χ2n) is 13.2. The molecule has 1 N–H and O–H groups in total. The Kier molecular flexibility index (Phi) is 8.61. The first-order valence-electron chi connectivity index (χ1n) is 16.1. The second-order valence-corrected chi connectivity index (χ2v) is 18.3. The molecule has 0 atom stereocenters. The number of benzene rings is 3. The third-order valence-corrected chi connectivity index (χ3v) is 15.1. The molecular weight excluding hydrogens is 621 g/mol. The Balaban J connectivity index is 1.12. The molecule has 1 saturated carbocycles. The Bertz CT molecular complexity index is 1970. The van der Waals surface area contributed by atoms with Gasteiger partial charge in [-0.15, -0.1) is 11.3 Å². The molecule has 0 spiro atoms. The van der Waals surface area contributed by atoms with E-state index in [-0.39, 0.29) is 23.2 Å². The molecule has 0 unspecified atom stereocenters. The first-order valence-corrected chi connectivity index (χ1v) is 18.9. The zero-order chi connectivity index (χ0) is 32.4. The van der Waals surface area contributed by atoms with Crippen molar-refractivity contribution >= 4 is 62.7 Å². The van der Waals surface area contributed by atoms with Crippen LogP contribution in [-0.4, -0.2) is 41.4 Å². The number of hydrogen-bond acceptors (Lipinski definition) is 7. The fraction of sp³-hybridized carbons (Fsp3) is 0.263. The highest BCUT2D eigenvalue weighted by Crippen LogP contribution is 2.40. The van der Waals surface area contributed by atoms with Gasteiger partial charge in [-0.2, -0.15) is 0 Å². The van der Waals surface area contributed by atoms with Crippen LogP contribution in [-0.2, 0) is 4.43 Å². The van der Waals surface area contributed by atoms with Gasteiger partial charge in [0.25, 0.3) is 14.2 Å². The molecule has 3 aromatic carbocycles. The molecule has 1 amide bonds. The SMILES string of the molecule is CC(C)(C)[Si](O[C@H]1CC[C@@H](Oc2cc3ncccc3cc2NC(=O)c2csc3cncnc23)CC1)(c1ccccc1)c1ccccc1. The number of pyridine rings is 1. The summed E-state index contributed by atoms with van der Waals surface area (Å²) in [6, 6.07) is 29.4. The largest absolute Gasteiger partial charge is 0.488 e. The number of nitrogens with zero attached hydrogens (tertiary/aromatic N) is 3. The summed E-state index contributed by atoms with van der Waals surface area (Å²) >= 11 is 1.45. The minimum Gasteiger partial charge on any atom is -0.488 e. The lowest BCUT2D eigenvalue weighted by molar-refractivity contribution is 0.0754. The Hall–Kier alpha value is -4.44. The van der Waals surface area contributed by atoms with Gasteiger partial charge in [-0.3, -0.25) is 9.78 Å². The predicted molar refractivity (Wildman–Crippen MR) is 192 cm³/mol. The monoisotopic (exact) mass is 658 g/mol. The van der Waals surface area contributed by atoms with Crippen LogP contribution in [0.1, 0.15) is 56.8 Å². The average Bonchev–Trinajstić information content (AvgIpc) is 3.53. The fourth-order valence-electron chi connectivity index (χ4n) is 6.82. The maximum atomic E-state index is 13.5. The Morgan fingerprint density at radius 3 is 2.23 bits per heavy atom. The van der Waals surface area contributed by atoms with E-state index >= 15 is 0 Å². The lowest BCUT2D eigenvalue weighted by Gasteiger charge is -2.46. The van der Waals surface area contributed by atoms with E-state index in [4.69, 9.17) is 9.16 Å². The van der Waals surface area contributed by atoms with Gasteiger partial charge in [-0.25, -0.2) is 9.97 Å². The summed E-state index contributed by atoms with van der Waals surface area (Å²) < 4.78 is 15.0. The van der Waals surface area contributed by atoms with Crippen LogP contribution in [0.4, 0.5) is 5.69 Å². The van der Waals surface area contributed by atoms with Crippen molar-refractivity contribution in [2.45, 2.75) is 63.7 Å². The maximum Gasteiger partial charge on any atom is 0.261 e. The number of amides is 1. The summed E-state index contributed by atoms with van der Waals surface area (Å²) in [5, 5.41) is 8.38. The molecule has 1 fully saturated rings. The van der Waals surface area contributed by atoms with Gasteiger partial charge in [-0.05, 0) is 53.2 Å². The standard InChI is InChI=1S/C38H38N4O3SSi/c1-38(2,3)47(29-12-6-4-7-13-29,30-14-8-5-9-15-30)45-28-18-16-27(17-19-28)44-34-22-32-26(11-10-20-40-32)21-33(34)42-37(43)31-24-46-35-23-39-25-41-36(31)35/h4-15,20-25,27-28H,16-19H2,1-3H3,(H,42,43)/t27-,28+. The van der Waals surface area contributed by atoms with Crippen molar-refractivity contribution in [3.8, 4) is 5.75 Å². The average molecular weight is 659 g/mol. The topological polar surface area (TPSA) is 86.2 Å². The van der Waals surface area contributed by atoms with E-state index in [0.717, 1.165) is 41.3 Å². The Morgan fingerprint density at radius 1 is 0.872 bits per heavy atom. The summed E-state index contributed by atoms with van der Waals surface area (Å²) in [5.41, 5.74) is 2.60. The number of carbonyl (C=O) groups excluding carboxylic acids is 1. The van der Waals surface area contributed by atoms with E-state index in [2.05, 4.69) is 102 Å². The summed E-state index contributed by atoms with van der Waals surface area (Å²) in [5.74, 6) is 0.389. The number of anilines is 1. The smallest absolute Gasteiger partial charge is 0.261 e. The molecule has 3 heterocycles. The molecule has 7 nitrogen and oxygen atoms in total. The third kappa shape index (κ3) is 6.18. The van der Waals surface area contributed by atoms with Crippen molar-refractivity contribution in [2.75, 3.05) is 5.32 Å². The highest BCUT2D eigenvalue weighted by molar-refractivity contribution is 7.17. The molecule has 238 valence electrons. The van der Waals surface area contributed by atoms with Crippen LogP contribution in [0.15, 0.2) is 109 Å². The van der Waals surface area contributed by atoms with Crippen molar-refractivity contribution < 1.29 is 14.0 Å². The van der Waals surface area contributed by atoms with Gasteiger partial charge in [0.1, 0.15) is 12.1 Å². The second kappa shape index (κ2) is 13.0. The summed E-state index contributed by atoms with van der Waals surface area (Å²) in [4.78, 5) is 26.5. The zero-order valence-corrected chi connectivity index (χ0v) is 28.7. The van der Waals surface area contributed by atoms with E-state index in [1.165, 1.54) is 28.0 Å². The number of carbonyl (C=O) groups is 1. The van der Waals surface area contributed by atoms with Gasteiger partial charge < -0.3 is 14.5 Å². The molecule has 47 heavy (non-hydrogen) atoms. The normalized spacial score (nSPS) is 17.1. The zero-order valence-electron chi connectivity index (χ0n) is 26.9. The Labute approximate surface area is 280 Å². The third-order valence-electron chi connectivity index (χ3n) is 9.11. The number of thiophene rings is 1. The van der Waals surface area contributed by atoms with E-state index in [1.54, 1.807) is 12.4 Å². The van der Waals surface area contributed by atoms with Crippen LogP contribution in [0.5, 0.6) is 5.75 Å². The molecule has 1 aliphatic rings. The first kappa shape index (κ1) is 31.2. The minimum atomic E-state index is -2.64. The van der Waals surface area contributed by atoms with Gasteiger partial charge in [0.05, 0.1) is 33.1 Å². The summed E-state index contributed by atoms with van der Waals surface area (Å²) in [6.07, 6.45) is 8.56. The number of fused-ring (bicyclic) bond motifs is 2. The molecule has 6 aromatic rings. The van der Waals surface area contributed by atoms with Crippen molar-refractivity contribution in [2.24, 2.45) is 0 Å². The number of hydrogen-bond donors (Lipinski definition) is 1. The van der Waals surface area contributed by atoms with Gasteiger partial charge in [-0.1, -0.05) is 87.5 Å². The molecule has 0 aliphatic heterocycles. The molecular formula is C38H38N4O3SSi. The van der Waals surface area contributed by atoms with Crippen molar-refractivity contribution in [3.05, 3.63) is 115 Å². The van der Waals surface area contributed by atoms with Crippen LogP contribution in [0.2, 0.25) is 5.04 Å². The molecule has 0 bridgehead atoms. The van der Waals surface area contributed by atoms with Crippen LogP contribution in [0.3, 0.4) is 0 Å². The van der Waals surface area contributed by atoms with Crippen LogP contribution in [0, 0.1) is 0 Å². The number of ether oxygens (including phenoxy) is 1. The van der Waals surface area contributed by atoms with Crippen molar-refractivity contribution in [3.63, 3.8) is 0 Å². The van der Waals surface area contributed by atoms with E-state index in [9.17, 15) is 4.79 Å². The maximum absolute atomic E-state index is 13.5. The predicted octanol–water partition coefficient (Wildman–Crippen LogP) is 7.76. The number of nitrogens with one attached hydrogen (secondary N) is 1. The molecule has 1 aliphatic carbocycles. The first-order chi connectivity index (χ1) is 22.8. The fourth-order valence-corrected chi connectivity index (χ4v) is 12.4. The highest BCUT2D eigenvalue weighted by Gasteiger charge is 2.51. The van der Waals surface area contributed by atoms with E-state index in [0.29, 0.717) is 22.5 Å². The van der Waals surface area contributed by atoms with Crippen LogP contribution >= 0.6 is 11.3 Å². The molecule has 3 aromatic heterocycles. The van der Waals surface area contributed by atoms with Crippen molar-refractivity contribution in [1.82, 2.24) is 15.0 Å². The van der Waals surface area contributed by atoms with E-state index < -0.39 is 8.32 Å². The quantitative estimate of drug-likeness (QED) is 0.168. The highest BCUT2D eigenvalue weighted by atomic mass is 32.1. The van der Waals surface area contributed by atoms with Gasteiger partial charge >= 0.3 is 0 Å². The van der Waals surface area contributed by atoms with Gasteiger partial charge in [0.2, 0.25) is 0 Å².